The molecule has 17 heteroatoms. The van der Waals surface area contributed by atoms with Crippen LogP contribution in [0, 0.1) is 17.8 Å². The molecule has 3 aliphatic carbocycles. The Morgan fingerprint density at radius 3 is 1.83 bits per heavy atom. The van der Waals surface area contributed by atoms with Gasteiger partial charge in [-0.25, -0.2) is 4.79 Å². The Bertz CT molecular complexity index is 1190. The van der Waals surface area contributed by atoms with E-state index in [1.54, 1.807) is 6.08 Å². The van der Waals surface area contributed by atoms with Gasteiger partial charge in [-0.3, -0.25) is 0 Å². The zero-order valence-corrected chi connectivity index (χ0v) is 29.8. The van der Waals surface area contributed by atoms with Crippen molar-refractivity contribution in [2.24, 2.45) is 17.8 Å². The number of fused-ring (bicyclic) bond motifs is 1. The Balaban J connectivity index is 1.14. The molecule has 0 radical (unpaired) electrons. The van der Waals surface area contributed by atoms with E-state index in [1.165, 1.54) is 6.08 Å². The lowest BCUT2D eigenvalue weighted by Gasteiger charge is -2.50. The van der Waals surface area contributed by atoms with Crippen molar-refractivity contribution in [2.45, 2.75) is 175 Å². The van der Waals surface area contributed by atoms with Gasteiger partial charge in [0, 0.05) is 24.8 Å². The lowest BCUT2D eigenvalue weighted by atomic mass is 9.73. The number of hydrogen-bond acceptors (Lipinski definition) is 16. The normalized spacial score (nSPS) is 49.7. The van der Waals surface area contributed by atoms with Gasteiger partial charge in [-0.05, 0) is 63.7 Å². The predicted octanol–water partition coefficient (Wildman–Crippen LogP) is -2.99. The third-order valence-corrected chi connectivity index (χ3v) is 12.2. The number of hydrogen-bond donors (Lipinski definition) is 10. The molecule has 11 N–H and O–H groups in total. The van der Waals surface area contributed by atoms with Gasteiger partial charge in [-0.2, -0.15) is 0 Å². The van der Waals surface area contributed by atoms with E-state index in [9.17, 15) is 55.9 Å². The maximum absolute atomic E-state index is 12.5. The van der Waals surface area contributed by atoms with Crippen LogP contribution < -0.4 is 0 Å². The maximum atomic E-state index is 12.5. The molecule has 0 aromatic heterocycles. The van der Waals surface area contributed by atoms with Crippen LogP contribution in [-0.2, 0) is 28.5 Å². The van der Waals surface area contributed by atoms with Crippen molar-refractivity contribution in [1.82, 2.24) is 0 Å². The number of esters is 1. The highest BCUT2D eigenvalue weighted by molar-refractivity contribution is 5.81. The fourth-order valence-corrected chi connectivity index (χ4v) is 9.02. The topological polar surface area (TPSA) is 278 Å². The highest BCUT2D eigenvalue weighted by Crippen LogP contribution is 2.44. The van der Waals surface area contributed by atoms with Crippen LogP contribution in [0.5, 0.6) is 0 Å². The molecule has 16 atom stereocenters. The average Bonchev–Trinajstić information content (AvgIpc) is 3.14. The standard InChI is InChI=1S/C36H58O17/c37-14-25-28(42)30(44)32(46)36(52-25)51-24-13-21-22(49-34(24)17-4-8-19(39)9-5-17)11-20(40)12-23(21)50-35-33(47)31(45)29(43)26(53-35)15-48-27(41)10-3-16-1-6-18(38)7-2-16/h3,10,16-26,28-40,42-47H,1-2,4-9,11-15H2/p+1. The molecule has 0 spiro atoms. The van der Waals surface area contributed by atoms with Crippen molar-refractivity contribution in [3.63, 3.8) is 0 Å². The first-order valence-electron chi connectivity index (χ1n) is 19.2. The van der Waals surface area contributed by atoms with E-state index in [-0.39, 0.29) is 30.8 Å². The molecule has 0 aromatic carbocycles. The monoisotopic (exact) mass is 763 g/mol. The molecule has 3 aliphatic heterocycles. The summed E-state index contributed by atoms with van der Waals surface area (Å²) in [7, 11) is 0. The molecule has 3 saturated heterocycles. The van der Waals surface area contributed by atoms with E-state index in [1.807, 2.05) is 0 Å². The van der Waals surface area contributed by atoms with Crippen molar-refractivity contribution in [3.8, 4) is 0 Å². The van der Waals surface area contributed by atoms with Crippen molar-refractivity contribution in [2.75, 3.05) is 13.2 Å². The zero-order chi connectivity index (χ0) is 38.0. The lowest BCUT2D eigenvalue weighted by Crippen LogP contribution is -2.64. The summed E-state index contributed by atoms with van der Waals surface area (Å²) in [4.78, 5) is 12.5. The summed E-state index contributed by atoms with van der Waals surface area (Å²) < 4.78 is 34.6. The maximum Gasteiger partial charge on any atom is 0.330 e. The van der Waals surface area contributed by atoms with Crippen molar-refractivity contribution < 1.29 is 84.3 Å². The molecule has 0 aromatic rings. The van der Waals surface area contributed by atoms with Crippen LogP contribution in [0.2, 0.25) is 0 Å². The first-order valence-corrected chi connectivity index (χ1v) is 19.2. The van der Waals surface area contributed by atoms with Crippen LogP contribution in [0.4, 0.5) is 0 Å². The number of ether oxygens (including phenoxy) is 6. The summed E-state index contributed by atoms with van der Waals surface area (Å²) in [5.74, 6) is -0.992. The fraction of sp³-hybridized carbons (Fsp3) is 0.917. The van der Waals surface area contributed by atoms with Gasteiger partial charge < -0.3 is 79.5 Å². The van der Waals surface area contributed by atoms with E-state index in [0.717, 1.165) is 12.8 Å². The Hall–Kier alpha value is -1.39. The van der Waals surface area contributed by atoms with E-state index < -0.39 is 123 Å². The molecule has 6 rings (SSSR count). The summed E-state index contributed by atoms with van der Waals surface area (Å²) in [6, 6.07) is 0. The lowest BCUT2D eigenvalue weighted by molar-refractivity contribution is -0.366. The van der Waals surface area contributed by atoms with Crippen molar-refractivity contribution in [3.05, 3.63) is 12.2 Å². The van der Waals surface area contributed by atoms with Gasteiger partial charge in [0.1, 0.15) is 61.5 Å². The number of aliphatic hydroxyl groups excluding tert-OH is 10. The Morgan fingerprint density at radius 1 is 0.642 bits per heavy atom. The zero-order valence-electron chi connectivity index (χ0n) is 29.8. The molecule has 3 saturated carbocycles. The third kappa shape index (κ3) is 9.77. The molecule has 3 heterocycles. The number of carbonyl (C=O) groups excluding carboxylic acids is 1. The van der Waals surface area contributed by atoms with E-state index in [2.05, 4.69) is 0 Å². The van der Waals surface area contributed by atoms with Crippen LogP contribution in [0.15, 0.2) is 12.2 Å². The molecular weight excluding hydrogens is 704 g/mol. The molecule has 17 nitrogen and oxygen atoms in total. The van der Waals surface area contributed by atoms with Crippen molar-refractivity contribution in [1.29, 1.82) is 0 Å². The largest absolute Gasteiger partial charge is 0.460 e. The van der Waals surface area contributed by atoms with E-state index >= 15 is 0 Å². The Morgan fingerprint density at radius 2 is 1.21 bits per heavy atom. The highest BCUT2D eigenvalue weighted by Gasteiger charge is 2.56. The number of rotatable bonds is 10. The molecule has 0 amide bonds. The second-order valence-corrected chi connectivity index (χ2v) is 15.9. The van der Waals surface area contributed by atoms with Gasteiger partial charge in [-0.15, -0.1) is 0 Å². The van der Waals surface area contributed by atoms with Crippen LogP contribution in [0.25, 0.3) is 0 Å². The predicted molar refractivity (Wildman–Crippen MR) is 179 cm³/mol. The second kappa shape index (κ2) is 18.3. The van der Waals surface area contributed by atoms with Gasteiger partial charge in [0.2, 0.25) is 0 Å². The van der Waals surface area contributed by atoms with Gasteiger partial charge in [0.05, 0.1) is 36.9 Å². The molecule has 16 unspecified atom stereocenters. The summed E-state index contributed by atoms with van der Waals surface area (Å²) in [5, 5.41) is 105. The van der Waals surface area contributed by atoms with E-state index in [4.69, 9.17) is 28.4 Å². The minimum Gasteiger partial charge on any atom is -0.460 e. The van der Waals surface area contributed by atoms with Crippen LogP contribution >= 0.6 is 0 Å². The van der Waals surface area contributed by atoms with Crippen LogP contribution in [-0.4, -0.2) is 179 Å². The minimum absolute atomic E-state index is 0.0123. The minimum atomic E-state index is -1.71. The molecule has 6 fully saturated rings. The second-order valence-electron chi connectivity index (χ2n) is 15.9. The number of carbonyl (C=O) groups is 1. The number of allylic oxidation sites excluding steroid dienone is 1. The SMILES string of the molecule is O=C(C=CC1CCC(O)CC1)OCC1OC(OC2CC(O)CC3[OH+]C(C4CCC(O)CC4)C(OC4OC(CO)C(O)C(O)C4O)CC23)C(O)C(O)C1O. The first kappa shape index (κ1) is 41.2. The first-order chi connectivity index (χ1) is 25.3. The van der Waals surface area contributed by atoms with Gasteiger partial charge in [-0.1, -0.05) is 6.08 Å². The smallest absolute Gasteiger partial charge is 0.330 e. The summed E-state index contributed by atoms with van der Waals surface area (Å²) >= 11 is 0. The summed E-state index contributed by atoms with van der Waals surface area (Å²) in [6.45, 7) is -1.07. The average molecular weight is 764 g/mol. The van der Waals surface area contributed by atoms with Crippen LogP contribution in [0.1, 0.15) is 70.6 Å². The molecule has 0 bridgehead atoms. The Kier molecular flexibility index (Phi) is 14.2. The Labute approximate surface area is 308 Å². The number of aliphatic hydroxyl groups is 12. The third-order valence-electron chi connectivity index (χ3n) is 12.2. The molecule has 53 heavy (non-hydrogen) atoms. The van der Waals surface area contributed by atoms with Crippen molar-refractivity contribution >= 4 is 5.97 Å². The van der Waals surface area contributed by atoms with E-state index in [0.29, 0.717) is 44.9 Å². The quantitative estimate of drug-likeness (QED) is 0.0603. The van der Waals surface area contributed by atoms with Gasteiger partial charge >= 0.3 is 5.97 Å². The van der Waals surface area contributed by atoms with Gasteiger partial charge in [0.15, 0.2) is 24.8 Å². The fourth-order valence-electron chi connectivity index (χ4n) is 9.02. The molecule has 6 aliphatic rings. The summed E-state index contributed by atoms with van der Waals surface area (Å²) in [5.41, 5.74) is 0. The highest BCUT2D eigenvalue weighted by atomic mass is 16.7. The summed E-state index contributed by atoms with van der Waals surface area (Å²) in [6.07, 6.45) is -10.3. The molecular formula is C36H59O17+. The molecule has 304 valence electrons. The van der Waals surface area contributed by atoms with Gasteiger partial charge in [0.25, 0.3) is 0 Å². The van der Waals surface area contributed by atoms with Crippen LogP contribution in [0.3, 0.4) is 0 Å².